The summed E-state index contributed by atoms with van der Waals surface area (Å²) in [7, 11) is 0. The highest BCUT2D eigenvalue weighted by molar-refractivity contribution is 6.16. The van der Waals surface area contributed by atoms with Gasteiger partial charge in [-0.1, -0.05) is 0 Å². The first kappa shape index (κ1) is 9.73. The van der Waals surface area contributed by atoms with E-state index in [1.807, 2.05) is 12.1 Å². The molecule has 3 rings (SSSR count). The molecule has 0 bridgehead atoms. The molecule has 1 aliphatic heterocycles. The van der Waals surface area contributed by atoms with Gasteiger partial charge in [0.25, 0.3) is 0 Å². The Hall–Kier alpha value is -1.48. The lowest BCUT2D eigenvalue weighted by atomic mass is 10.1. The van der Waals surface area contributed by atoms with Crippen LogP contribution in [0.25, 0.3) is 11.3 Å². The average molecular weight is 236 g/mol. The number of oxazole rings is 1. The molecule has 0 N–H and O–H groups in total. The summed E-state index contributed by atoms with van der Waals surface area (Å²) in [6.07, 6.45) is 2.66. The number of rotatable bonds is 2. The molecule has 1 aliphatic rings. The van der Waals surface area contributed by atoms with Gasteiger partial charge in [-0.25, -0.2) is 4.98 Å². The smallest absolute Gasteiger partial charge is 0.209 e. The molecule has 0 spiro atoms. The van der Waals surface area contributed by atoms with Crippen molar-refractivity contribution in [3.05, 3.63) is 35.9 Å². The number of hydrogen-bond donors (Lipinski definition) is 0. The molecule has 4 heteroatoms. The molecule has 0 radical (unpaired) electrons. The number of aromatic nitrogens is 1. The first-order valence-corrected chi connectivity index (χ1v) is 5.67. The van der Waals surface area contributed by atoms with E-state index in [4.69, 9.17) is 20.8 Å². The van der Waals surface area contributed by atoms with Gasteiger partial charge in [-0.2, -0.15) is 0 Å². The van der Waals surface area contributed by atoms with Crippen LogP contribution in [-0.4, -0.2) is 11.6 Å². The Labute approximate surface area is 98.0 Å². The number of ether oxygens (including phenoxy) is 1. The Balaban J connectivity index is 2.00. The number of nitrogens with zero attached hydrogens (tertiary/aromatic N) is 1. The van der Waals surface area contributed by atoms with Gasteiger partial charge in [-0.3, -0.25) is 0 Å². The summed E-state index contributed by atoms with van der Waals surface area (Å²) in [5.41, 5.74) is 2.24. The summed E-state index contributed by atoms with van der Waals surface area (Å²) in [6.45, 7) is 0.766. The van der Waals surface area contributed by atoms with Crippen LogP contribution in [0.1, 0.15) is 11.5 Å². The zero-order chi connectivity index (χ0) is 11.0. The van der Waals surface area contributed by atoms with Crippen LogP contribution in [0.3, 0.4) is 0 Å². The number of halogens is 1. The Morgan fingerprint density at radius 3 is 3.12 bits per heavy atom. The van der Waals surface area contributed by atoms with E-state index in [1.54, 1.807) is 6.20 Å². The van der Waals surface area contributed by atoms with E-state index in [2.05, 4.69) is 11.1 Å². The van der Waals surface area contributed by atoms with Crippen molar-refractivity contribution in [1.29, 1.82) is 0 Å². The largest absolute Gasteiger partial charge is 0.493 e. The van der Waals surface area contributed by atoms with E-state index in [1.165, 1.54) is 5.56 Å². The van der Waals surface area contributed by atoms with Gasteiger partial charge in [0, 0.05) is 12.0 Å². The predicted octanol–water partition coefficient (Wildman–Crippen LogP) is 3.02. The Morgan fingerprint density at radius 1 is 1.38 bits per heavy atom. The SMILES string of the molecule is ClCc1ncc(-c2ccc3c(c2)CCO3)o1. The van der Waals surface area contributed by atoms with Crippen LogP contribution in [0.5, 0.6) is 5.75 Å². The van der Waals surface area contributed by atoms with Crippen molar-refractivity contribution in [1.82, 2.24) is 4.98 Å². The normalized spacial score (nSPS) is 13.6. The van der Waals surface area contributed by atoms with Crippen LogP contribution in [0.2, 0.25) is 0 Å². The third-order valence-electron chi connectivity index (χ3n) is 2.64. The summed E-state index contributed by atoms with van der Waals surface area (Å²) >= 11 is 5.65. The molecule has 16 heavy (non-hydrogen) atoms. The van der Waals surface area contributed by atoms with Gasteiger partial charge in [0.2, 0.25) is 5.89 Å². The molecular weight excluding hydrogens is 226 g/mol. The maximum atomic E-state index is 5.65. The van der Waals surface area contributed by atoms with E-state index >= 15 is 0 Å². The standard InChI is InChI=1S/C12H10ClNO2/c13-6-12-14-7-11(16-12)8-1-2-10-9(5-8)3-4-15-10/h1-2,5,7H,3-4,6H2. The summed E-state index contributed by atoms with van der Waals surface area (Å²) in [6, 6.07) is 6.03. The van der Waals surface area contributed by atoms with Crippen LogP contribution >= 0.6 is 11.6 Å². The van der Waals surface area contributed by atoms with Gasteiger partial charge in [0.05, 0.1) is 18.7 Å². The first-order chi connectivity index (χ1) is 7.86. The molecular formula is C12H10ClNO2. The molecule has 3 nitrogen and oxygen atoms in total. The second kappa shape index (κ2) is 3.83. The van der Waals surface area contributed by atoms with Crippen LogP contribution in [0.15, 0.2) is 28.8 Å². The fourth-order valence-electron chi connectivity index (χ4n) is 1.85. The summed E-state index contributed by atoms with van der Waals surface area (Å²) in [5.74, 6) is 2.58. The third kappa shape index (κ3) is 1.57. The lowest BCUT2D eigenvalue weighted by Crippen LogP contribution is -1.85. The quantitative estimate of drug-likeness (QED) is 0.751. The first-order valence-electron chi connectivity index (χ1n) is 5.13. The van der Waals surface area contributed by atoms with Crippen molar-refractivity contribution in [2.45, 2.75) is 12.3 Å². The van der Waals surface area contributed by atoms with Crippen molar-refractivity contribution >= 4 is 11.6 Å². The zero-order valence-electron chi connectivity index (χ0n) is 8.57. The van der Waals surface area contributed by atoms with Gasteiger partial charge in [0.15, 0.2) is 5.76 Å². The van der Waals surface area contributed by atoms with Gasteiger partial charge < -0.3 is 9.15 Å². The van der Waals surface area contributed by atoms with Gasteiger partial charge >= 0.3 is 0 Å². The van der Waals surface area contributed by atoms with E-state index in [0.717, 1.165) is 30.1 Å². The van der Waals surface area contributed by atoms with Crippen molar-refractivity contribution in [2.24, 2.45) is 0 Å². The van der Waals surface area contributed by atoms with E-state index in [0.29, 0.717) is 11.8 Å². The highest BCUT2D eigenvalue weighted by Gasteiger charge is 2.14. The Morgan fingerprint density at radius 2 is 2.31 bits per heavy atom. The molecule has 0 saturated heterocycles. The molecule has 0 aliphatic carbocycles. The number of alkyl halides is 1. The fourth-order valence-corrected chi connectivity index (χ4v) is 1.97. The van der Waals surface area contributed by atoms with Crippen molar-refractivity contribution in [2.75, 3.05) is 6.61 Å². The Bertz CT molecular complexity index is 521. The van der Waals surface area contributed by atoms with Crippen molar-refractivity contribution in [3.63, 3.8) is 0 Å². The minimum atomic E-state index is 0.300. The minimum Gasteiger partial charge on any atom is -0.493 e. The molecule has 0 unspecified atom stereocenters. The van der Waals surface area contributed by atoms with Crippen molar-refractivity contribution in [3.8, 4) is 17.1 Å². The summed E-state index contributed by atoms with van der Waals surface area (Å²) < 4.78 is 10.9. The lowest BCUT2D eigenvalue weighted by Gasteiger charge is -2.00. The second-order valence-corrected chi connectivity index (χ2v) is 3.94. The summed E-state index contributed by atoms with van der Waals surface area (Å²) in [5, 5.41) is 0. The molecule has 0 amide bonds. The van der Waals surface area contributed by atoms with E-state index in [9.17, 15) is 0 Å². The second-order valence-electron chi connectivity index (χ2n) is 3.67. The number of fused-ring (bicyclic) bond motifs is 1. The Kier molecular flexibility index (Phi) is 2.33. The molecule has 1 aromatic heterocycles. The molecule has 2 aromatic rings. The zero-order valence-corrected chi connectivity index (χ0v) is 9.33. The molecule has 0 saturated carbocycles. The molecule has 1 aromatic carbocycles. The van der Waals surface area contributed by atoms with Gasteiger partial charge in [-0.15, -0.1) is 11.6 Å². The molecule has 2 heterocycles. The van der Waals surface area contributed by atoms with Crippen LogP contribution < -0.4 is 4.74 Å². The van der Waals surface area contributed by atoms with Gasteiger partial charge in [0.1, 0.15) is 5.75 Å². The van der Waals surface area contributed by atoms with E-state index < -0.39 is 0 Å². The average Bonchev–Trinajstić information content (AvgIpc) is 2.96. The minimum absolute atomic E-state index is 0.300. The highest BCUT2D eigenvalue weighted by Crippen LogP contribution is 2.30. The van der Waals surface area contributed by atoms with E-state index in [-0.39, 0.29) is 0 Å². The fraction of sp³-hybridized carbons (Fsp3) is 0.250. The van der Waals surface area contributed by atoms with Crippen LogP contribution in [-0.2, 0) is 12.3 Å². The van der Waals surface area contributed by atoms with Crippen molar-refractivity contribution < 1.29 is 9.15 Å². The maximum absolute atomic E-state index is 5.65. The number of hydrogen-bond acceptors (Lipinski definition) is 3. The highest BCUT2D eigenvalue weighted by atomic mass is 35.5. The summed E-state index contributed by atoms with van der Waals surface area (Å²) in [4.78, 5) is 4.07. The van der Waals surface area contributed by atoms with Gasteiger partial charge in [-0.05, 0) is 23.8 Å². The molecule has 0 fully saturated rings. The predicted molar refractivity (Wildman–Crippen MR) is 60.7 cm³/mol. The lowest BCUT2D eigenvalue weighted by molar-refractivity contribution is 0.357. The maximum Gasteiger partial charge on any atom is 0.209 e. The topological polar surface area (TPSA) is 35.3 Å². The number of benzene rings is 1. The van der Waals surface area contributed by atoms with Crippen LogP contribution in [0, 0.1) is 0 Å². The van der Waals surface area contributed by atoms with Crippen LogP contribution in [0.4, 0.5) is 0 Å². The monoisotopic (exact) mass is 235 g/mol. The molecule has 0 atom stereocenters. The third-order valence-corrected chi connectivity index (χ3v) is 2.87. The molecule has 82 valence electrons.